The van der Waals surface area contributed by atoms with Crippen LogP contribution >= 0.6 is 11.3 Å². The van der Waals surface area contributed by atoms with Crippen LogP contribution in [0.2, 0.25) is 0 Å². The maximum Gasteiger partial charge on any atom is 0.342 e. The summed E-state index contributed by atoms with van der Waals surface area (Å²) in [5.41, 5.74) is -1.21. The highest BCUT2D eigenvalue weighted by Gasteiger charge is 2.35. The molecule has 1 heterocycles. The maximum absolute atomic E-state index is 10.8. The Morgan fingerprint density at radius 2 is 2.13 bits per heavy atom. The summed E-state index contributed by atoms with van der Waals surface area (Å²) in [6, 6.07) is 7.29. The van der Waals surface area contributed by atoms with Crippen molar-refractivity contribution in [2.45, 2.75) is 12.5 Å². The average Bonchev–Trinajstić information content (AvgIpc) is 2.61. The van der Waals surface area contributed by atoms with Crippen LogP contribution in [0.5, 0.6) is 0 Å². The minimum Gasteiger partial charge on any atom is -0.479 e. The first kappa shape index (κ1) is 10.1. The minimum absolute atomic E-state index is 0.205. The number of nitrogens with zero attached hydrogens (tertiary/aromatic N) is 1. The molecule has 0 radical (unpaired) electrons. The fourth-order valence-corrected chi connectivity index (χ4v) is 2.18. The summed E-state index contributed by atoms with van der Waals surface area (Å²) < 4.78 is 0.869. The fraction of sp³-hybridized carbons (Fsp3) is 0.200. The Balaban J connectivity index is 2.58. The lowest BCUT2D eigenvalue weighted by Gasteiger charge is -2.13. The molecule has 2 aromatic rings. The van der Waals surface area contributed by atoms with Gasteiger partial charge in [-0.3, -0.25) is 0 Å². The molecule has 5 heteroatoms. The van der Waals surface area contributed by atoms with Crippen molar-refractivity contribution in [3.63, 3.8) is 0 Å². The Morgan fingerprint density at radius 1 is 1.47 bits per heavy atom. The molecule has 0 saturated heterocycles. The molecule has 4 nitrogen and oxygen atoms in total. The van der Waals surface area contributed by atoms with Crippen molar-refractivity contribution in [1.82, 2.24) is 4.98 Å². The van der Waals surface area contributed by atoms with Crippen molar-refractivity contribution in [2.24, 2.45) is 0 Å². The average molecular weight is 223 g/mol. The standard InChI is InChI=1S/C10H9NO3S/c1-10(14,9(12)13)8-11-6-4-2-3-5-7(6)15-8/h2-5,14H,1H3,(H,12,13). The van der Waals surface area contributed by atoms with Gasteiger partial charge in [-0.05, 0) is 19.1 Å². The van der Waals surface area contributed by atoms with Gasteiger partial charge in [0.25, 0.3) is 0 Å². The third kappa shape index (κ3) is 1.60. The molecule has 0 saturated carbocycles. The third-order valence-corrected chi connectivity index (χ3v) is 3.37. The second-order valence-corrected chi connectivity index (χ2v) is 4.39. The normalized spacial score (nSPS) is 15.1. The highest BCUT2D eigenvalue weighted by molar-refractivity contribution is 7.18. The molecule has 1 atom stereocenters. The number of benzene rings is 1. The van der Waals surface area contributed by atoms with Crippen LogP contribution in [-0.2, 0) is 10.4 Å². The van der Waals surface area contributed by atoms with E-state index in [9.17, 15) is 9.90 Å². The van der Waals surface area contributed by atoms with Gasteiger partial charge in [0.2, 0.25) is 5.60 Å². The Hall–Kier alpha value is -1.46. The zero-order valence-electron chi connectivity index (χ0n) is 7.97. The van der Waals surface area contributed by atoms with Crippen LogP contribution in [0.3, 0.4) is 0 Å². The van der Waals surface area contributed by atoms with E-state index in [4.69, 9.17) is 5.11 Å². The van der Waals surface area contributed by atoms with Gasteiger partial charge in [0.1, 0.15) is 5.01 Å². The summed E-state index contributed by atoms with van der Waals surface area (Å²) in [6.07, 6.45) is 0. The molecular weight excluding hydrogens is 214 g/mol. The largest absolute Gasteiger partial charge is 0.479 e. The molecule has 2 rings (SSSR count). The number of aliphatic hydroxyl groups is 1. The van der Waals surface area contributed by atoms with Crippen LogP contribution in [0, 0.1) is 0 Å². The van der Waals surface area contributed by atoms with Crippen LogP contribution in [0.25, 0.3) is 10.2 Å². The molecule has 0 amide bonds. The molecule has 0 bridgehead atoms. The number of hydrogen-bond acceptors (Lipinski definition) is 4. The van der Waals surface area contributed by atoms with E-state index in [1.165, 1.54) is 18.3 Å². The molecule has 0 aliphatic carbocycles. The Kier molecular flexibility index (Phi) is 2.21. The molecule has 0 aliphatic heterocycles. The lowest BCUT2D eigenvalue weighted by atomic mass is 10.1. The van der Waals surface area contributed by atoms with Crippen molar-refractivity contribution in [3.8, 4) is 0 Å². The quantitative estimate of drug-likeness (QED) is 0.811. The van der Waals surface area contributed by atoms with E-state index in [0.29, 0.717) is 5.52 Å². The van der Waals surface area contributed by atoms with E-state index < -0.39 is 11.6 Å². The first-order valence-electron chi connectivity index (χ1n) is 4.33. The number of para-hydroxylation sites is 1. The molecular formula is C10H9NO3S. The highest BCUT2D eigenvalue weighted by Crippen LogP contribution is 2.29. The third-order valence-electron chi connectivity index (χ3n) is 2.13. The van der Waals surface area contributed by atoms with E-state index in [1.807, 2.05) is 18.2 Å². The van der Waals surface area contributed by atoms with E-state index in [1.54, 1.807) is 6.07 Å². The van der Waals surface area contributed by atoms with E-state index >= 15 is 0 Å². The van der Waals surface area contributed by atoms with Crippen LogP contribution < -0.4 is 0 Å². The number of carboxylic acids is 1. The summed E-state index contributed by atoms with van der Waals surface area (Å²) in [4.78, 5) is 14.9. The topological polar surface area (TPSA) is 70.4 Å². The zero-order valence-corrected chi connectivity index (χ0v) is 8.78. The number of rotatable bonds is 2. The molecule has 15 heavy (non-hydrogen) atoms. The monoisotopic (exact) mass is 223 g/mol. The number of thiazole rings is 1. The number of aromatic nitrogens is 1. The van der Waals surface area contributed by atoms with Crippen molar-refractivity contribution in [2.75, 3.05) is 0 Å². The van der Waals surface area contributed by atoms with Crippen molar-refractivity contribution in [3.05, 3.63) is 29.3 Å². The molecule has 1 aromatic carbocycles. The van der Waals surface area contributed by atoms with Crippen molar-refractivity contribution in [1.29, 1.82) is 0 Å². The molecule has 0 aliphatic rings. The number of carbonyl (C=O) groups is 1. The SMILES string of the molecule is CC(O)(C(=O)O)c1nc2ccccc2s1. The molecule has 1 aromatic heterocycles. The van der Waals surface area contributed by atoms with Gasteiger partial charge in [-0.1, -0.05) is 12.1 Å². The first-order chi connectivity index (χ1) is 7.01. The van der Waals surface area contributed by atoms with Gasteiger partial charge in [0, 0.05) is 0 Å². The molecule has 78 valence electrons. The number of aliphatic carboxylic acids is 1. The lowest BCUT2D eigenvalue weighted by molar-refractivity contribution is -0.157. The zero-order chi connectivity index (χ0) is 11.1. The van der Waals surface area contributed by atoms with Gasteiger partial charge in [0.15, 0.2) is 0 Å². The van der Waals surface area contributed by atoms with Gasteiger partial charge in [0.05, 0.1) is 10.2 Å². The van der Waals surface area contributed by atoms with E-state index in [2.05, 4.69) is 4.98 Å². The second kappa shape index (κ2) is 3.29. The van der Waals surface area contributed by atoms with Gasteiger partial charge >= 0.3 is 5.97 Å². The number of fused-ring (bicyclic) bond motifs is 1. The summed E-state index contributed by atoms with van der Waals surface area (Å²) in [7, 11) is 0. The van der Waals surface area contributed by atoms with Gasteiger partial charge in [-0.2, -0.15) is 0 Å². The van der Waals surface area contributed by atoms with Gasteiger partial charge < -0.3 is 10.2 Å². The Labute approximate surface area is 89.8 Å². The Bertz CT molecular complexity index is 485. The maximum atomic E-state index is 10.8. The first-order valence-corrected chi connectivity index (χ1v) is 5.15. The van der Waals surface area contributed by atoms with E-state index in [0.717, 1.165) is 4.70 Å². The second-order valence-electron chi connectivity index (χ2n) is 3.36. The number of hydrogen-bond donors (Lipinski definition) is 2. The number of carboxylic acid groups (broad SMARTS) is 1. The fourth-order valence-electron chi connectivity index (χ4n) is 1.17. The van der Waals surface area contributed by atoms with Gasteiger partial charge in [-0.15, -0.1) is 11.3 Å². The van der Waals surface area contributed by atoms with Crippen LogP contribution in [-0.4, -0.2) is 21.2 Å². The smallest absolute Gasteiger partial charge is 0.342 e. The van der Waals surface area contributed by atoms with Crippen LogP contribution in [0.4, 0.5) is 0 Å². The van der Waals surface area contributed by atoms with Crippen LogP contribution in [0.15, 0.2) is 24.3 Å². The summed E-state index contributed by atoms with van der Waals surface area (Å²) >= 11 is 1.19. The summed E-state index contributed by atoms with van der Waals surface area (Å²) in [6.45, 7) is 1.23. The predicted molar refractivity (Wildman–Crippen MR) is 56.8 cm³/mol. The summed E-state index contributed by atoms with van der Waals surface area (Å²) in [5.74, 6) is -1.29. The van der Waals surface area contributed by atoms with Gasteiger partial charge in [-0.25, -0.2) is 9.78 Å². The van der Waals surface area contributed by atoms with E-state index in [-0.39, 0.29) is 5.01 Å². The highest BCUT2D eigenvalue weighted by atomic mass is 32.1. The molecule has 1 unspecified atom stereocenters. The summed E-state index contributed by atoms with van der Waals surface area (Å²) in [5, 5.41) is 18.8. The van der Waals surface area contributed by atoms with Crippen molar-refractivity contribution < 1.29 is 15.0 Å². The molecule has 2 N–H and O–H groups in total. The predicted octanol–water partition coefficient (Wildman–Crippen LogP) is 1.59. The lowest BCUT2D eigenvalue weighted by Crippen LogP contribution is -2.31. The Morgan fingerprint density at radius 3 is 2.73 bits per heavy atom. The van der Waals surface area contributed by atoms with Crippen LogP contribution in [0.1, 0.15) is 11.9 Å². The minimum atomic E-state index is -1.91. The van der Waals surface area contributed by atoms with Crippen molar-refractivity contribution >= 4 is 27.5 Å². The molecule has 0 fully saturated rings. The molecule has 0 spiro atoms.